The molecule has 0 radical (unpaired) electrons. The lowest BCUT2D eigenvalue weighted by Crippen LogP contribution is -2.48. The summed E-state index contributed by atoms with van der Waals surface area (Å²) in [6.07, 6.45) is 8.13. The zero-order valence-electron chi connectivity index (χ0n) is 33.7. The highest BCUT2D eigenvalue weighted by molar-refractivity contribution is 6.77. The van der Waals surface area contributed by atoms with Crippen LogP contribution in [-0.2, 0) is 41.3 Å². The second-order valence-electron chi connectivity index (χ2n) is 15.8. The molecular formula is C43H72O7Si. The lowest BCUT2D eigenvalue weighted by molar-refractivity contribution is -0.162. The number of rotatable bonds is 25. The van der Waals surface area contributed by atoms with Gasteiger partial charge in [0.25, 0.3) is 0 Å². The zero-order chi connectivity index (χ0) is 37.2. The van der Waals surface area contributed by atoms with Crippen molar-refractivity contribution in [2.75, 3.05) is 27.6 Å². The first-order chi connectivity index (χ1) is 24.5. The molecule has 8 heteroatoms. The van der Waals surface area contributed by atoms with Crippen molar-refractivity contribution in [2.45, 2.75) is 167 Å². The number of benzene rings is 2. The molecule has 1 saturated heterocycles. The molecule has 2 aromatic carbocycles. The molecule has 0 aliphatic carbocycles. The summed E-state index contributed by atoms with van der Waals surface area (Å²) < 4.78 is 43.9. The van der Waals surface area contributed by atoms with Crippen LogP contribution in [0.2, 0.25) is 16.6 Å². The van der Waals surface area contributed by atoms with Gasteiger partial charge >= 0.3 is 0 Å². The Morgan fingerprint density at radius 2 is 1.41 bits per heavy atom. The molecule has 1 aliphatic rings. The van der Waals surface area contributed by atoms with Crippen molar-refractivity contribution < 1.29 is 32.8 Å². The van der Waals surface area contributed by atoms with E-state index >= 15 is 0 Å². The van der Waals surface area contributed by atoms with Crippen LogP contribution in [-0.4, -0.2) is 66.5 Å². The minimum absolute atomic E-state index is 0.0949. The van der Waals surface area contributed by atoms with E-state index in [4.69, 9.17) is 32.8 Å². The van der Waals surface area contributed by atoms with Gasteiger partial charge in [-0.25, -0.2) is 0 Å². The molecule has 0 amide bonds. The van der Waals surface area contributed by atoms with E-state index in [2.05, 4.69) is 79.7 Å². The number of methoxy groups -OCH3 is 2. The Hall–Kier alpha value is -1.78. The Morgan fingerprint density at radius 1 is 0.765 bits per heavy atom. The summed E-state index contributed by atoms with van der Waals surface area (Å²) in [5.41, 5.74) is 4.00. The van der Waals surface area contributed by atoms with Gasteiger partial charge in [-0.1, -0.05) is 104 Å². The third-order valence-electron chi connectivity index (χ3n) is 10.9. The van der Waals surface area contributed by atoms with Crippen molar-refractivity contribution in [1.82, 2.24) is 0 Å². The van der Waals surface area contributed by atoms with Gasteiger partial charge in [0.05, 0.1) is 50.8 Å². The van der Waals surface area contributed by atoms with Crippen molar-refractivity contribution in [3.63, 3.8) is 0 Å². The average molecular weight is 729 g/mol. The second kappa shape index (κ2) is 23.1. The largest absolute Gasteiger partial charge is 0.497 e. The van der Waals surface area contributed by atoms with E-state index in [9.17, 15) is 0 Å². The van der Waals surface area contributed by atoms with Crippen LogP contribution in [0.3, 0.4) is 0 Å². The normalized spacial score (nSPS) is 20.2. The minimum atomic E-state index is -1.94. The van der Waals surface area contributed by atoms with Gasteiger partial charge < -0.3 is 32.8 Å². The molecule has 0 saturated carbocycles. The predicted molar refractivity (Wildman–Crippen MR) is 211 cm³/mol. The predicted octanol–water partition coefficient (Wildman–Crippen LogP) is 10.9. The fraction of sp³-hybridized carbons (Fsp3) is 0.721. The van der Waals surface area contributed by atoms with Gasteiger partial charge in [0.1, 0.15) is 12.5 Å². The van der Waals surface area contributed by atoms with E-state index in [1.807, 2.05) is 37.4 Å². The van der Waals surface area contributed by atoms with Gasteiger partial charge in [0.15, 0.2) is 8.32 Å². The first-order valence-corrected chi connectivity index (χ1v) is 21.9. The number of ether oxygens (including phenoxy) is 6. The lowest BCUT2D eigenvalue weighted by atomic mass is 9.89. The van der Waals surface area contributed by atoms with Crippen LogP contribution < -0.4 is 4.74 Å². The van der Waals surface area contributed by atoms with Gasteiger partial charge in [0, 0.05) is 20.1 Å². The maximum Gasteiger partial charge on any atom is 0.200 e. The standard InChI is InChI=1S/C43H72O7Si/c1-11-15-39(47-30-37-18-20-38(44-9)21-19-37)26-41(45-10)24-35(8)25-43-28-42(48-31-46-29-36-16-13-12-14-17-36)27-40(50-43)22-23-49-51(32(2)3,33(4)5)34(6)7/h12-14,16-21,32-35,39-43H,11,15,22-31H2,1-10H3/t35-,39-,40-,41-,42+,43+/m0/s1. The first-order valence-electron chi connectivity index (χ1n) is 19.8. The molecule has 7 nitrogen and oxygen atoms in total. The Bertz CT molecular complexity index is 1150. The van der Waals surface area contributed by atoms with Crippen LogP contribution in [0.4, 0.5) is 0 Å². The van der Waals surface area contributed by atoms with Gasteiger partial charge in [0.2, 0.25) is 0 Å². The van der Waals surface area contributed by atoms with Gasteiger partial charge in [-0.15, -0.1) is 0 Å². The molecule has 0 aromatic heterocycles. The molecule has 0 spiro atoms. The van der Waals surface area contributed by atoms with Gasteiger partial charge in [-0.3, -0.25) is 0 Å². The second-order valence-corrected chi connectivity index (χ2v) is 21.2. The molecule has 290 valence electrons. The Morgan fingerprint density at radius 3 is 2.02 bits per heavy atom. The highest BCUT2D eigenvalue weighted by atomic mass is 28.4. The molecule has 3 rings (SSSR count). The van der Waals surface area contributed by atoms with Crippen molar-refractivity contribution in [1.29, 1.82) is 0 Å². The van der Waals surface area contributed by atoms with E-state index in [0.29, 0.717) is 35.8 Å². The summed E-state index contributed by atoms with van der Waals surface area (Å²) in [6.45, 7) is 20.8. The third kappa shape index (κ3) is 14.5. The highest BCUT2D eigenvalue weighted by Gasteiger charge is 2.45. The molecule has 0 N–H and O–H groups in total. The highest BCUT2D eigenvalue weighted by Crippen LogP contribution is 2.42. The summed E-state index contributed by atoms with van der Waals surface area (Å²) in [4.78, 5) is 0. The molecule has 0 bridgehead atoms. The van der Waals surface area contributed by atoms with Crippen molar-refractivity contribution in [3.05, 3.63) is 65.7 Å². The quantitative estimate of drug-likeness (QED) is 0.0573. The Kier molecular flexibility index (Phi) is 19.8. The first kappa shape index (κ1) is 43.6. The van der Waals surface area contributed by atoms with Gasteiger partial charge in [-0.05, 0) is 84.3 Å². The summed E-state index contributed by atoms with van der Waals surface area (Å²) in [5, 5.41) is 0. The lowest BCUT2D eigenvalue weighted by Gasteiger charge is -2.43. The van der Waals surface area contributed by atoms with Crippen LogP contribution in [0.15, 0.2) is 54.6 Å². The topological polar surface area (TPSA) is 64.6 Å². The fourth-order valence-electron chi connectivity index (χ4n) is 8.39. The number of hydrogen-bond donors (Lipinski definition) is 0. The molecule has 1 fully saturated rings. The molecule has 51 heavy (non-hydrogen) atoms. The van der Waals surface area contributed by atoms with Crippen molar-refractivity contribution >= 4 is 8.32 Å². The smallest absolute Gasteiger partial charge is 0.200 e. The van der Waals surface area contributed by atoms with Crippen LogP contribution >= 0.6 is 0 Å². The Labute approximate surface area is 312 Å². The van der Waals surface area contributed by atoms with E-state index in [-0.39, 0.29) is 37.3 Å². The fourth-order valence-corrected chi connectivity index (χ4v) is 13.9. The maximum absolute atomic E-state index is 6.96. The maximum atomic E-state index is 6.96. The third-order valence-corrected chi connectivity index (χ3v) is 17.0. The van der Waals surface area contributed by atoms with E-state index in [0.717, 1.165) is 74.8 Å². The zero-order valence-corrected chi connectivity index (χ0v) is 34.7. The summed E-state index contributed by atoms with van der Waals surface area (Å²) in [6, 6.07) is 18.4. The molecule has 1 heterocycles. The average Bonchev–Trinajstić information content (AvgIpc) is 3.10. The molecule has 6 atom stereocenters. The van der Waals surface area contributed by atoms with Crippen LogP contribution in [0.25, 0.3) is 0 Å². The minimum Gasteiger partial charge on any atom is -0.497 e. The van der Waals surface area contributed by atoms with Crippen molar-refractivity contribution in [3.8, 4) is 5.75 Å². The summed E-state index contributed by atoms with van der Waals surface area (Å²) >= 11 is 0. The SMILES string of the molecule is CCC[C@@H](C[C@H](C[C@H](C)C[C@@H]1C[C@H](OCOCc2ccccc2)C[C@H](CCO[Si](C(C)C)(C(C)C)C(C)C)O1)OC)OCc1ccc(OC)cc1. The van der Waals surface area contributed by atoms with E-state index in [1.54, 1.807) is 7.11 Å². The molecule has 0 unspecified atom stereocenters. The van der Waals surface area contributed by atoms with Gasteiger partial charge in [-0.2, -0.15) is 0 Å². The molecular weight excluding hydrogens is 657 g/mol. The van der Waals surface area contributed by atoms with Crippen molar-refractivity contribution in [2.24, 2.45) is 5.92 Å². The molecule has 2 aromatic rings. The van der Waals surface area contributed by atoms with E-state index < -0.39 is 8.32 Å². The number of hydrogen-bond acceptors (Lipinski definition) is 7. The Balaban J connectivity index is 1.59. The molecule has 1 aliphatic heterocycles. The summed E-state index contributed by atoms with van der Waals surface area (Å²) in [5.74, 6) is 1.29. The van der Waals surface area contributed by atoms with E-state index in [1.165, 1.54) is 0 Å². The van der Waals surface area contributed by atoms with Crippen LogP contribution in [0.5, 0.6) is 5.75 Å². The van der Waals surface area contributed by atoms with Crippen LogP contribution in [0, 0.1) is 5.92 Å². The monoisotopic (exact) mass is 729 g/mol. The summed E-state index contributed by atoms with van der Waals surface area (Å²) in [7, 11) is 1.59. The van der Waals surface area contributed by atoms with Crippen LogP contribution in [0.1, 0.15) is 118 Å².